The Morgan fingerprint density at radius 2 is 1.73 bits per heavy atom. The molecule has 0 amide bonds. The van der Waals surface area contributed by atoms with E-state index in [4.69, 9.17) is 14.5 Å². The van der Waals surface area contributed by atoms with E-state index in [1.54, 1.807) is 13.8 Å². The number of benzene rings is 1. The first-order valence-corrected chi connectivity index (χ1v) is 11.4. The fourth-order valence-corrected chi connectivity index (χ4v) is 4.31. The lowest BCUT2D eigenvalue weighted by Crippen LogP contribution is -2.30. The first kappa shape index (κ1) is 22.2. The Balaban J connectivity index is 2.09. The Morgan fingerprint density at radius 3 is 2.40 bits per heavy atom. The molecule has 3 rings (SSSR count). The van der Waals surface area contributed by atoms with Crippen molar-refractivity contribution in [2.75, 3.05) is 37.0 Å². The number of nitrogens with zero attached hydrogens (tertiary/aromatic N) is 2. The van der Waals surface area contributed by atoms with Crippen molar-refractivity contribution in [3.05, 3.63) is 42.0 Å². The van der Waals surface area contributed by atoms with Gasteiger partial charge in [-0.1, -0.05) is 42.1 Å². The van der Waals surface area contributed by atoms with Crippen LogP contribution in [0.4, 0.5) is 5.82 Å². The Labute approximate surface area is 182 Å². The number of carbonyl (C=O) groups is 2. The van der Waals surface area contributed by atoms with Crippen molar-refractivity contribution in [2.24, 2.45) is 0 Å². The summed E-state index contributed by atoms with van der Waals surface area (Å²) in [6, 6.07) is 11.7. The summed E-state index contributed by atoms with van der Waals surface area (Å²) in [5.74, 6) is 0.155. The van der Waals surface area contributed by atoms with E-state index < -0.39 is 5.97 Å². The lowest BCUT2D eigenvalue weighted by Gasteiger charge is -2.29. The Morgan fingerprint density at radius 1 is 1.03 bits per heavy atom. The highest BCUT2D eigenvalue weighted by Crippen LogP contribution is 2.35. The number of pyridine rings is 1. The molecule has 0 spiro atoms. The number of rotatable bonds is 8. The fraction of sp³-hybridized carbons (Fsp3) is 0.435. The SMILES string of the molecule is CCOC(=O)CSc1nc(N2CCCCC2)cc(-c2ccccc2)c1C(=O)OCC. The van der Waals surface area contributed by atoms with Gasteiger partial charge in [0.1, 0.15) is 10.8 Å². The van der Waals surface area contributed by atoms with E-state index in [1.165, 1.54) is 18.2 Å². The zero-order valence-corrected chi connectivity index (χ0v) is 18.4. The molecule has 6 nitrogen and oxygen atoms in total. The number of carbonyl (C=O) groups excluding carboxylic acids is 2. The smallest absolute Gasteiger partial charge is 0.341 e. The van der Waals surface area contributed by atoms with Gasteiger partial charge in [0.05, 0.1) is 24.5 Å². The van der Waals surface area contributed by atoms with Gasteiger partial charge in [0, 0.05) is 18.7 Å². The summed E-state index contributed by atoms with van der Waals surface area (Å²) in [4.78, 5) is 31.9. The second kappa shape index (κ2) is 11.0. The number of anilines is 1. The van der Waals surface area contributed by atoms with Crippen molar-refractivity contribution in [3.63, 3.8) is 0 Å². The molecule has 0 aliphatic carbocycles. The third-order valence-corrected chi connectivity index (χ3v) is 5.80. The van der Waals surface area contributed by atoms with Crippen LogP contribution in [0.5, 0.6) is 0 Å². The van der Waals surface area contributed by atoms with Gasteiger partial charge in [0.25, 0.3) is 0 Å². The van der Waals surface area contributed by atoms with Crippen molar-refractivity contribution in [1.82, 2.24) is 4.98 Å². The first-order valence-electron chi connectivity index (χ1n) is 10.4. The van der Waals surface area contributed by atoms with Crippen LogP contribution < -0.4 is 4.90 Å². The lowest BCUT2D eigenvalue weighted by atomic mass is 10.0. The van der Waals surface area contributed by atoms with Crippen LogP contribution in [-0.2, 0) is 14.3 Å². The third kappa shape index (κ3) is 5.53. The number of piperidine rings is 1. The number of hydrogen-bond donors (Lipinski definition) is 0. The molecule has 1 aromatic carbocycles. The molecule has 7 heteroatoms. The van der Waals surface area contributed by atoms with E-state index in [1.807, 2.05) is 36.4 Å². The highest BCUT2D eigenvalue weighted by molar-refractivity contribution is 8.00. The minimum absolute atomic E-state index is 0.0882. The molecule has 0 saturated carbocycles. The van der Waals surface area contributed by atoms with Crippen LogP contribution in [0, 0.1) is 0 Å². The molecule has 2 heterocycles. The van der Waals surface area contributed by atoms with Crippen LogP contribution in [0.1, 0.15) is 43.5 Å². The summed E-state index contributed by atoms with van der Waals surface area (Å²) in [6.07, 6.45) is 3.45. The fourth-order valence-electron chi connectivity index (χ4n) is 3.47. The van der Waals surface area contributed by atoms with Gasteiger partial charge >= 0.3 is 11.9 Å². The van der Waals surface area contributed by atoms with Crippen LogP contribution in [0.3, 0.4) is 0 Å². The van der Waals surface area contributed by atoms with E-state index in [2.05, 4.69) is 4.90 Å². The predicted molar refractivity (Wildman–Crippen MR) is 119 cm³/mol. The van der Waals surface area contributed by atoms with Crippen molar-refractivity contribution < 1.29 is 19.1 Å². The van der Waals surface area contributed by atoms with Crippen LogP contribution in [0.15, 0.2) is 41.4 Å². The minimum Gasteiger partial charge on any atom is -0.465 e. The molecule has 0 N–H and O–H groups in total. The van der Waals surface area contributed by atoms with Crippen molar-refractivity contribution in [3.8, 4) is 11.1 Å². The van der Waals surface area contributed by atoms with Crippen LogP contribution in [-0.4, -0.2) is 49.0 Å². The van der Waals surface area contributed by atoms with Gasteiger partial charge in [-0.3, -0.25) is 4.79 Å². The molecule has 0 atom stereocenters. The van der Waals surface area contributed by atoms with E-state index in [-0.39, 0.29) is 18.3 Å². The maximum atomic E-state index is 12.9. The largest absolute Gasteiger partial charge is 0.465 e. The standard InChI is InChI=1S/C23H28N2O4S/c1-3-28-20(26)16-30-22-21(23(27)29-4-2)18(17-11-7-5-8-12-17)15-19(24-22)25-13-9-6-10-14-25/h5,7-8,11-12,15H,3-4,6,9-10,13-14,16H2,1-2H3. The van der Waals surface area contributed by atoms with E-state index in [9.17, 15) is 9.59 Å². The second-order valence-corrected chi connectivity index (χ2v) is 7.90. The van der Waals surface area contributed by atoms with E-state index >= 15 is 0 Å². The molecule has 1 saturated heterocycles. The number of hydrogen-bond acceptors (Lipinski definition) is 7. The molecule has 0 unspecified atom stereocenters. The van der Waals surface area contributed by atoms with Gasteiger partial charge in [-0.05, 0) is 44.7 Å². The zero-order chi connectivity index (χ0) is 21.3. The normalized spacial score (nSPS) is 13.7. The van der Waals surface area contributed by atoms with Crippen LogP contribution in [0.2, 0.25) is 0 Å². The second-order valence-electron chi connectivity index (χ2n) is 6.94. The Hall–Kier alpha value is -2.54. The maximum Gasteiger partial charge on any atom is 0.341 e. The predicted octanol–water partition coefficient (Wildman–Crippen LogP) is 4.57. The van der Waals surface area contributed by atoms with E-state index in [0.29, 0.717) is 17.2 Å². The summed E-state index contributed by atoms with van der Waals surface area (Å²) < 4.78 is 10.4. The first-order chi connectivity index (χ1) is 14.6. The number of esters is 2. The molecule has 1 aliphatic heterocycles. The van der Waals surface area contributed by atoms with Crippen LogP contribution in [0.25, 0.3) is 11.1 Å². The van der Waals surface area contributed by atoms with Crippen molar-refractivity contribution in [1.29, 1.82) is 0 Å². The average Bonchev–Trinajstić information content (AvgIpc) is 2.78. The highest BCUT2D eigenvalue weighted by Gasteiger charge is 2.25. The molecular formula is C23H28N2O4S. The third-order valence-electron chi connectivity index (χ3n) is 4.85. The molecule has 160 valence electrons. The Bertz CT molecular complexity index is 867. The average molecular weight is 429 g/mol. The van der Waals surface area contributed by atoms with Gasteiger partial charge in [0.2, 0.25) is 0 Å². The van der Waals surface area contributed by atoms with Gasteiger partial charge in [-0.2, -0.15) is 0 Å². The summed E-state index contributed by atoms with van der Waals surface area (Å²) in [7, 11) is 0. The quantitative estimate of drug-likeness (QED) is 0.450. The number of aromatic nitrogens is 1. The molecule has 30 heavy (non-hydrogen) atoms. The van der Waals surface area contributed by atoms with Gasteiger partial charge in [-0.25, -0.2) is 9.78 Å². The van der Waals surface area contributed by atoms with Gasteiger partial charge < -0.3 is 14.4 Å². The van der Waals surface area contributed by atoms with Gasteiger partial charge in [0.15, 0.2) is 0 Å². The zero-order valence-electron chi connectivity index (χ0n) is 17.6. The summed E-state index contributed by atoms with van der Waals surface area (Å²) >= 11 is 1.22. The van der Waals surface area contributed by atoms with Crippen molar-refractivity contribution >= 4 is 29.5 Å². The molecule has 1 fully saturated rings. The monoisotopic (exact) mass is 428 g/mol. The molecule has 2 aromatic rings. The molecule has 1 aromatic heterocycles. The minimum atomic E-state index is -0.430. The van der Waals surface area contributed by atoms with Gasteiger partial charge in [-0.15, -0.1) is 0 Å². The summed E-state index contributed by atoms with van der Waals surface area (Å²) in [6.45, 7) is 6.00. The number of ether oxygens (including phenoxy) is 2. The van der Waals surface area contributed by atoms with Crippen molar-refractivity contribution in [2.45, 2.75) is 38.1 Å². The molecule has 0 bridgehead atoms. The van der Waals surface area contributed by atoms with E-state index in [0.717, 1.165) is 42.9 Å². The molecule has 1 aliphatic rings. The lowest BCUT2D eigenvalue weighted by molar-refractivity contribution is -0.139. The summed E-state index contributed by atoms with van der Waals surface area (Å²) in [5, 5.41) is 0.503. The number of thioether (sulfide) groups is 1. The topological polar surface area (TPSA) is 68.7 Å². The molecular weight excluding hydrogens is 400 g/mol. The highest BCUT2D eigenvalue weighted by atomic mass is 32.2. The Kier molecular flexibility index (Phi) is 8.13. The summed E-state index contributed by atoms with van der Waals surface area (Å²) in [5.41, 5.74) is 2.09. The maximum absolute atomic E-state index is 12.9. The van der Waals surface area contributed by atoms with Crippen LogP contribution >= 0.6 is 11.8 Å². The molecule has 0 radical (unpaired) electrons.